The number of rotatable bonds is 4. The molecule has 0 radical (unpaired) electrons. The zero-order chi connectivity index (χ0) is 32.3. The lowest BCUT2D eigenvalue weighted by Gasteiger charge is -2.11. The monoisotopic (exact) mass is 640 g/mol. The number of benzene rings is 8. The second kappa shape index (κ2) is 11.2. The van der Waals surface area contributed by atoms with Crippen molar-refractivity contribution in [1.82, 2.24) is 9.97 Å². The summed E-state index contributed by atoms with van der Waals surface area (Å²) in [7, 11) is 0. The van der Waals surface area contributed by atoms with E-state index in [-0.39, 0.29) is 0 Å². The Morgan fingerprint density at radius 1 is 0.327 bits per heavy atom. The molecule has 0 saturated heterocycles. The molecule has 0 aliphatic carbocycles. The van der Waals surface area contributed by atoms with Gasteiger partial charge in [-0.2, -0.15) is 0 Å². The summed E-state index contributed by atoms with van der Waals surface area (Å²) in [5.74, 6) is 0. The van der Waals surface area contributed by atoms with Crippen LogP contribution in [0.3, 0.4) is 0 Å². The van der Waals surface area contributed by atoms with Crippen LogP contribution in [0, 0.1) is 0 Å². The summed E-state index contributed by atoms with van der Waals surface area (Å²) in [6, 6.07) is 57.3. The van der Waals surface area contributed by atoms with E-state index in [2.05, 4.69) is 158 Å². The summed E-state index contributed by atoms with van der Waals surface area (Å²) >= 11 is 1.88. The van der Waals surface area contributed by atoms with E-state index in [0.29, 0.717) is 0 Å². The van der Waals surface area contributed by atoms with Crippen molar-refractivity contribution in [1.29, 1.82) is 0 Å². The number of hydrogen-bond donors (Lipinski definition) is 0. The van der Waals surface area contributed by atoms with Crippen LogP contribution in [0.5, 0.6) is 0 Å². The Balaban J connectivity index is 0.995. The number of hydrogen-bond acceptors (Lipinski definition) is 3. The van der Waals surface area contributed by atoms with Gasteiger partial charge in [-0.05, 0) is 79.5 Å². The van der Waals surface area contributed by atoms with Gasteiger partial charge in [0.05, 0.1) is 11.0 Å². The molecule has 49 heavy (non-hydrogen) atoms. The Labute approximate surface area is 287 Å². The number of nitrogens with zero attached hydrogens (tertiary/aromatic N) is 2. The van der Waals surface area contributed by atoms with Gasteiger partial charge in [0.15, 0.2) is 0 Å². The highest BCUT2D eigenvalue weighted by atomic mass is 32.1. The summed E-state index contributed by atoms with van der Waals surface area (Å²) in [6.45, 7) is 0. The molecule has 2 aromatic heterocycles. The molecule has 228 valence electrons. The average molecular weight is 641 g/mol. The lowest BCUT2D eigenvalue weighted by atomic mass is 9.94. The van der Waals surface area contributed by atoms with Gasteiger partial charge in [-0.25, -0.2) is 0 Å². The fourth-order valence-electron chi connectivity index (χ4n) is 7.39. The first-order valence-corrected chi connectivity index (χ1v) is 17.4. The molecule has 2 heterocycles. The predicted octanol–water partition coefficient (Wildman–Crippen LogP) is 13.0. The van der Waals surface area contributed by atoms with Crippen LogP contribution in [0.1, 0.15) is 0 Å². The molecular formula is C46H28N2S. The zero-order valence-corrected chi connectivity index (χ0v) is 27.3. The minimum atomic E-state index is 0.941. The second-order valence-corrected chi connectivity index (χ2v) is 13.6. The fraction of sp³-hybridized carbons (Fsp3) is 0. The van der Waals surface area contributed by atoms with Gasteiger partial charge in [0.25, 0.3) is 0 Å². The van der Waals surface area contributed by atoms with Gasteiger partial charge in [0.1, 0.15) is 0 Å². The smallest absolute Gasteiger partial charge is 0.0971 e. The third-order valence-electron chi connectivity index (χ3n) is 9.77. The first-order valence-electron chi connectivity index (χ1n) is 16.6. The summed E-state index contributed by atoms with van der Waals surface area (Å²) < 4.78 is 2.67. The molecule has 0 unspecified atom stereocenters. The minimum absolute atomic E-state index is 0.941. The van der Waals surface area contributed by atoms with E-state index in [0.717, 1.165) is 21.8 Å². The SMILES string of the molecule is c1cc(-c2ccc(-c3ccc4c5ccccc5c5nccnc5c4c3)cc2)cc(-c2cccc(-c3cccc4c3sc3ccccc34)c2)c1. The van der Waals surface area contributed by atoms with Crippen molar-refractivity contribution < 1.29 is 0 Å². The third kappa shape index (κ3) is 4.62. The Hall–Kier alpha value is -6.16. The van der Waals surface area contributed by atoms with E-state index in [1.165, 1.54) is 75.5 Å². The number of aromatic nitrogens is 2. The summed E-state index contributed by atoms with van der Waals surface area (Å²) in [5.41, 5.74) is 11.6. The largest absolute Gasteiger partial charge is 0.252 e. The van der Waals surface area contributed by atoms with Crippen LogP contribution in [0.2, 0.25) is 0 Å². The van der Waals surface area contributed by atoms with E-state index in [1.54, 1.807) is 12.4 Å². The van der Waals surface area contributed by atoms with Crippen molar-refractivity contribution in [3.8, 4) is 44.5 Å². The van der Waals surface area contributed by atoms with Crippen LogP contribution in [0.4, 0.5) is 0 Å². The van der Waals surface area contributed by atoms with Gasteiger partial charge >= 0.3 is 0 Å². The molecule has 0 N–H and O–H groups in total. The van der Waals surface area contributed by atoms with E-state index in [9.17, 15) is 0 Å². The summed E-state index contributed by atoms with van der Waals surface area (Å²) in [5, 5.41) is 7.32. The van der Waals surface area contributed by atoms with Gasteiger partial charge in [-0.3, -0.25) is 9.97 Å². The van der Waals surface area contributed by atoms with Crippen molar-refractivity contribution in [3.05, 3.63) is 170 Å². The van der Waals surface area contributed by atoms with Crippen LogP contribution in [0.15, 0.2) is 170 Å². The van der Waals surface area contributed by atoms with Crippen LogP contribution < -0.4 is 0 Å². The Kier molecular flexibility index (Phi) is 6.39. The van der Waals surface area contributed by atoms with Crippen molar-refractivity contribution in [2.75, 3.05) is 0 Å². The first kappa shape index (κ1) is 27.9. The topological polar surface area (TPSA) is 25.8 Å². The number of fused-ring (bicyclic) bond motifs is 9. The molecule has 10 rings (SSSR count). The van der Waals surface area contributed by atoms with E-state index in [1.807, 2.05) is 11.3 Å². The highest BCUT2D eigenvalue weighted by Crippen LogP contribution is 2.41. The molecule has 10 aromatic rings. The second-order valence-electron chi connectivity index (χ2n) is 12.6. The van der Waals surface area contributed by atoms with Crippen molar-refractivity contribution >= 4 is 64.1 Å². The predicted molar refractivity (Wildman–Crippen MR) is 209 cm³/mol. The van der Waals surface area contributed by atoms with Gasteiger partial charge in [-0.1, -0.05) is 133 Å². The molecule has 0 bridgehead atoms. The number of thiophene rings is 1. The van der Waals surface area contributed by atoms with E-state index in [4.69, 9.17) is 9.97 Å². The van der Waals surface area contributed by atoms with Gasteiger partial charge in [-0.15, -0.1) is 11.3 Å². The van der Waals surface area contributed by atoms with Gasteiger partial charge < -0.3 is 0 Å². The van der Waals surface area contributed by atoms with E-state index < -0.39 is 0 Å². The lowest BCUT2D eigenvalue weighted by Crippen LogP contribution is -1.89. The Morgan fingerprint density at radius 3 is 1.59 bits per heavy atom. The molecule has 0 fully saturated rings. The molecule has 0 spiro atoms. The Bertz CT molecular complexity index is 2850. The summed E-state index contributed by atoms with van der Waals surface area (Å²) in [6.07, 6.45) is 3.57. The van der Waals surface area contributed by atoms with Crippen LogP contribution in [0.25, 0.3) is 97.3 Å². The summed E-state index contributed by atoms with van der Waals surface area (Å²) in [4.78, 5) is 9.48. The highest BCUT2D eigenvalue weighted by Gasteiger charge is 2.13. The zero-order valence-electron chi connectivity index (χ0n) is 26.5. The molecule has 0 aliphatic rings. The normalized spacial score (nSPS) is 11.7. The highest BCUT2D eigenvalue weighted by molar-refractivity contribution is 7.26. The molecular weight excluding hydrogens is 613 g/mol. The van der Waals surface area contributed by atoms with Crippen LogP contribution in [-0.4, -0.2) is 9.97 Å². The third-order valence-corrected chi connectivity index (χ3v) is 11.0. The quantitative estimate of drug-likeness (QED) is 0.179. The lowest BCUT2D eigenvalue weighted by molar-refractivity contribution is 1.31. The van der Waals surface area contributed by atoms with Crippen molar-refractivity contribution in [3.63, 3.8) is 0 Å². The average Bonchev–Trinajstić information content (AvgIpc) is 3.57. The van der Waals surface area contributed by atoms with Gasteiger partial charge in [0, 0.05) is 43.3 Å². The molecule has 3 heteroatoms. The maximum atomic E-state index is 4.76. The molecule has 0 saturated carbocycles. The maximum absolute atomic E-state index is 4.76. The van der Waals surface area contributed by atoms with Crippen LogP contribution >= 0.6 is 11.3 Å². The standard InChI is InChI=1S/C46H28N2S/c1-2-14-40-37(12-1)38-23-22-34(28-42(38)45-44(40)47-24-25-48-45)30-20-18-29(19-21-30)31-8-5-9-32(26-31)33-10-6-11-35(27-33)36-15-7-16-41-39-13-3-4-17-43(39)49-46(36)41/h1-28H. The molecule has 2 nitrogen and oxygen atoms in total. The molecule has 0 aliphatic heterocycles. The van der Waals surface area contributed by atoms with Crippen molar-refractivity contribution in [2.45, 2.75) is 0 Å². The van der Waals surface area contributed by atoms with Crippen LogP contribution in [-0.2, 0) is 0 Å². The Morgan fingerprint density at radius 2 is 0.837 bits per heavy atom. The molecule has 8 aromatic carbocycles. The molecule has 0 atom stereocenters. The molecule has 0 amide bonds. The first-order chi connectivity index (χ1) is 24.3. The minimum Gasteiger partial charge on any atom is -0.252 e. The van der Waals surface area contributed by atoms with E-state index >= 15 is 0 Å². The van der Waals surface area contributed by atoms with Gasteiger partial charge in [0.2, 0.25) is 0 Å². The maximum Gasteiger partial charge on any atom is 0.0971 e. The van der Waals surface area contributed by atoms with Crippen molar-refractivity contribution in [2.24, 2.45) is 0 Å². The fourth-order valence-corrected chi connectivity index (χ4v) is 8.62.